The molecule has 3 heterocycles. The Balaban J connectivity index is 0.00000133. The highest BCUT2D eigenvalue weighted by Crippen LogP contribution is 2.36. The second-order valence-electron chi connectivity index (χ2n) is 6.15. The van der Waals surface area contributed by atoms with Crippen molar-refractivity contribution in [3.05, 3.63) is 12.4 Å². The minimum Gasteiger partial charge on any atom is -0.399 e. The molecule has 5 nitrogen and oxygen atoms in total. The van der Waals surface area contributed by atoms with Gasteiger partial charge in [0.15, 0.2) is 0 Å². The summed E-state index contributed by atoms with van der Waals surface area (Å²) in [4.78, 5) is 0. The first-order valence-electron chi connectivity index (χ1n) is 6.49. The largest absolute Gasteiger partial charge is 0.498 e. The lowest BCUT2D eigenvalue weighted by molar-refractivity contribution is 0.00578. The van der Waals surface area contributed by atoms with Crippen molar-refractivity contribution in [3.63, 3.8) is 0 Å². The van der Waals surface area contributed by atoms with Crippen molar-refractivity contribution in [1.82, 2.24) is 15.1 Å². The van der Waals surface area contributed by atoms with E-state index in [0.717, 1.165) is 18.6 Å². The summed E-state index contributed by atoms with van der Waals surface area (Å²) in [7, 11) is -0.309. The minimum absolute atomic E-state index is 0. The normalized spacial score (nSPS) is 24.9. The molecule has 0 aromatic carbocycles. The predicted molar refractivity (Wildman–Crippen MR) is 77.1 cm³/mol. The lowest BCUT2D eigenvalue weighted by atomic mass is 9.82. The first kappa shape index (κ1) is 14.8. The maximum Gasteiger partial charge on any atom is 0.498 e. The van der Waals surface area contributed by atoms with Crippen molar-refractivity contribution in [2.45, 2.75) is 44.9 Å². The minimum atomic E-state index is -0.309. The second-order valence-corrected chi connectivity index (χ2v) is 6.15. The molecule has 106 valence electrons. The van der Waals surface area contributed by atoms with Crippen LogP contribution >= 0.6 is 12.4 Å². The lowest BCUT2D eigenvalue weighted by Crippen LogP contribution is -2.44. The summed E-state index contributed by atoms with van der Waals surface area (Å²) in [5.41, 5.74) is 0.413. The second kappa shape index (κ2) is 4.77. The van der Waals surface area contributed by atoms with Gasteiger partial charge in [-0.25, -0.2) is 0 Å². The molecule has 3 rings (SSSR count). The molecule has 2 saturated heterocycles. The van der Waals surface area contributed by atoms with Gasteiger partial charge in [-0.1, -0.05) is 0 Å². The third-order valence-electron chi connectivity index (χ3n) is 4.28. The van der Waals surface area contributed by atoms with Gasteiger partial charge in [-0.05, 0) is 27.7 Å². The van der Waals surface area contributed by atoms with Crippen LogP contribution < -0.4 is 10.8 Å². The van der Waals surface area contributed by atoms with Crippen LogP contribution in [-0.2, 0) is 9.31 Å². The van der Waals surface area contributed by atoms with E-state index in [2.05, 4.69) is 38.1 Å². The molecule has 19 heavy (non-hydrogen) atoms. The number of halogens is 1. The maximum absolute atomic E-state index is 6.00. The van der Waals surface area contributed by atoms with Crippen molar-refractivity contribution in [2.75, 3.05) is 13.1 Å². The summed E-state index contributed by atoms with van der Waals surface area (Å²) in [5.74, 6) is 0. The van der Waals surface area contributed by atoms with Crippen molar-refractivity contribution in [3.8, 4) is 0 Å². The van der Waals surface area contributed by atoms with Gasteiger partial charge < -0.3 is 14.6 Å². The number of hydrogen-bond donors (Lipinski definition) is 1. The first-order valence-corrected chi connectivity index (χ1v) is 6.49. The average molecular weight is 286 g/mol. The Kier molecular flexibility index (Phi) is 3.73. The standard InChI is InChI=1S/C12H20BN3O2.ClH/c1-11(2)12(3,4)18-13(17-11)9-5-15-16(8-9)10-6-14-7-10;/h5,8,10,14H,6-7H2,1-4H3;1H. The van der Waals surface area contributed by atoms with Crippen LogP contribution in [0, 0.1) is 0 Å². The van der Waals surface area contributed by atoms with E-state index in [4.69, 9.17) is 9.31 Å². The SMILES string of the molecule is CC1(C)OB(c2cnn(C3CNC3)c2)OC1(C)C.Cl. The van der Waals surface area contributed by atoms with Crippen LogP contribution in [0.1, 0.15) is 33.7 Å². The number of rotatable bonds is 2. The molecule has 0 amide bonds. The van der Waals surface area contributed by atoms with E-state index in [1.165, 1.54) is 0 Å². The predicted octanol–water partition coefficient (Wildman–Crippen LogP) is 0.748. The van der Waals surface area contributed by atoms with Gasteiger partial charge >= 0.3 is 7.12 Å². The van der Waals surface area contributed by atoms with Crippen LogP contribution in [0.5, 0.6) is 0 Å². The summed E-state index contributed by atoms with van der Waals surface area (Å²) < 4.78 is 14.0. The number of hydrogen-bond acceptors (Lipinski definition) is 4. The molecule has 1 aromatic heterocycles. The van der Waals surface area contributed by atoms with Gasteiger partial charge in [0.25, 0.3) is 0 Å². The summed E-state index contributed by atoms with van der Waals surface area (Å²) in [6.45, 7) is 10.2. The fraction of sp³-hybridized carbons (Fsp3) is 0.750. The summed E-state index contributed by atoms with van der Waals surface area (Å²) in [5, 5.41) is 7.64. The summed E-state index contributed by atoms with van der Waals surface area (Å²) in [6, 6.07) is 0.473. The number of nitrogens with zero attached hydrogens (tertiary/aromatic N) is 2. The van der Waals surface area contributed by atoms with Gasteiger partial charge in [0.2, 0.25) is 0 Å². The molecule has 0 radical (unpaired) electrons. The zero-order valence-electron chi connectivity index (χ0n) is 11.8. The van der Waals surface area contributed by atoms with Crippen LogP contribution in [0.3, 0.4) is 0 Å². The van der Waals surface area contributed by atoms with Gasteiger partial charge in [0.1, 0.15) is 0 Å². The van der Waals surface area contributed by atoms with Crippen molar-refractivity contribution < 1.29 is 9.31 Å². The Morgan fingerprint density at radius 2 is 1.84 bits per heavy atom. The molecule has 0 atom stereocenters. The first-order chi connectivity index (χ1) is 8.39. The van der Waals surface area contributed by atoms with E-state index in [-0.39, 0.29) is 30.7 Å². The van der Waals surface area contributed by atoms with E-state index in [9.17, 15) is 0 Å². The van der Waals surface area contributed by atoms with Crippen LogP contribution in [0.25, 0.3) is 0 Å². The van der Waals surface area contributed by atoms with Crippen LogP contribution in [0.4, 0.5) is 0 Å². The molecule has 0 unspecified atom stereocenters. The molecule has 0 spiro atoms. The molecule has 0 bridgehead atoms. The Morgan fingerprint density at radius 3 is 2.32 bits per heavy atom. The van der Waals surface area contributed by atoms with Crippen molar-refractivity contribution in [1.29, 1.82) is 0 Å². The molecule has 2 fully saturated rings. The zero-order chi connectivity index (χ0) is 13.0. The Labute approximate surface area is 120 Å². The third kappa shape index (κ3) is 2.42. The van der Waals surface area contributed by atoms with E-state index in [0.29, 0.717) is 6.04 Å². The molecule has 0 saturated carbocycles. The van der Waals surface area contributed by atoms with Gasteiger partial charge in [0, 0.05) is 30.9 Å². The van der Waals surface area contributed by atoms with Gasteiger partial charge in [0.05, 0.1) is 17.2 Å². The summed E-state index contributed by atoms with van der Waals surface area (Å²) in [6.07, 6.45) is 3.88. The highest BCUT2D eigenvalue weighted by molar-refractivity contribution is 6.61. The number of aromatic nitrogens is 2. The molecule has 2 aliphatic heterocycles. The van der Waals surface area contributed by atoms with Crippen molar-refractivity contribution in [2.24, 2.45) is 0 Å². The molecular formula is C12H21BClN3O2. The fourth-order valence-corrected chi connectivity index (χ4v) is 2.11. The molecular weight excluding hydrogens is 264 g/mol. The van der Waals surface area contributed by atoms with Crippen LogP contribution in [0.2, 0.25) is 0 Å². The average Bonchev–Trinajstić information content (AvgIpc) is 2.68. The van der Waals surface area contributed by atoms with E-state index in [1.54, 1.807) is 0 Å². The molecule has 7 heteroatoms. The topological polar surface area (TPSA) is 48.3 Å². The highest BCUT2D eigenvalue weighted by atomic mass is 35.5. The quantitative estimate of drug-likeness (QED) is 0.815. The molecule has 1 N–H and O–H groups in total. The molecule has 2 aliphatic rings. The molecule has 1 aromatic rings. The van der Waals surface area contributed by atoms with E-state index >= 15 is 0 Å². The van der Waals surface area contributed by atoms with Crippen LogP contribution in [0.15, 0.2) is 12.4 Å². The van der Waals surface area contributed by atoms with Crippen molar-refractivity contribution >= 4 is 25.0 Å². The van der Waals surface area contributed by atoms with Gasteiger partial charge in [-0.2, -0.15) is 5.10 Å². The Morgan fingerprint density at radius 1 is 1.26 bits per heavy atom. The van der Waals surface area contributed by atoms with Gasteiger partial charge in [-0.15, -0.1) is 12.4 Å². The zero-order valence-corrected chi connectivity index (χ0v) is 12.7. The maximum atomic E-state index is 6.00. The Hall–Kier alpha value is -0.555. The lowest BCUT2D eigenvalue weighted by Gasteiger charge is -2.32. The van der Waals surface area contributed by atoms with Crippen LogP contribution in [-0.4, -0.2) is 41.2 Å². The van der Waals surface area contributed by atoms with Gasteiger partial charge in [-0.3, -0.25) is 4.68 Å². The van der Waals surface area contributed by atoms with E-state index in [1.807, 2.05) is 17.1 Å². The third-order valence-corrected chi connectivity index (χ3v) is 4.28. The highest BCUT2D eigenvalue weighted by Gasteiger charge is 2.52. The van der Waals surface area contributed by atoms with E-state index < -0.39 is 0 Å². The summed E-state index contributed by atoms with van der Waals surface area (Å²) >= 11 is 0. The number of nitrogens with one attached hydrogen (secondary N) is 1. The fourth-order valence-electron chi connectivity index (χ4n) is 2.11. The smallest absolute Gasteiger partial charge is 0.399 e. The molecule has 0 aliphatic carbocycles. The monoisotopic (exact) mass is 285 g/mol. The Bertz CT molecular complexity index is 444.